The van der Waals surface area contributed by atoms with E-state index in [9.17, 15) is 0 Å². The fraction of sp³-hybridized carbons (Fsp3) is 0.0270. The highest BCUT2D eigenvalue weighted by molar-refractivity contribution is 6.02. The number of benzene rings is 12. The molecule has 12 aromatic carbocycles. The Balaban J connectivity index is 0.884. The molecule has 4 aliphatic rings. The molecule has 0 aromatic heterocycles. The highest BCUT2D eigenvalue weighted by Crippen LogP contribution is 2.65. The lowest BCUT2D eigenvalue weighted by atomic mass is 9.66. The summed E-state index contributed by atoms with van der Waals surface area (Å²) in [5.74, 6) is 0. The molecule has 0 atom stereocenters. The van der Waals surface area contributed by atoms with Crippen molar-refractivity contribution in [3.05, 3.63) is 330 Å². The number of rotatable bonds is 5. The standard InChI is InChI=1S/C74H47N/c1-2-19-48(20-3-1)49-37-41-51(42-38-49)75(53-45-46-62-61-27-10-16-34-68(61)74(71(62)47-53)66-32-14-8-25-59(66)60-26-9-15-33-67(60)74)52-43-39-50(40-44-52)54-29-18-36-70-72(54)63-28-11-17-35-69(63)73(70)64-30-12-6-23-57(64)55-21-4-5-22-56(55)58-24-7-13-31-65(58)73/h1-47H. The van der Waals surface area contributed by atoms with Gasteiger partial charge in [0, 0.05) is 17.1 Å². The van der Waals surface area contributed by atoms with Crippen LogP contribution in [0.5, 0.6) is 0 Å². The molecule has 1 heteroatoms. The first-order valence-corrected chi connectivity index (χ1v) is 26.2. The molecule has 0 saturated carbocycles. The number of fused-ring (bicyclic) bond motifs is 22. The smallest absolute Gasteiger partial charge is 0.0726 e. The van der Waals surface area contributed by atoms with Crippen LogP contribution >= 0.6 is 0 Å². The maximum atomic E-state index is 2.49. The molecule has 0 aliphatic heterocycles. The van der Waals surface area contributed by atoms with Crippen LogP contribution in [0.15, 0.2) is 285 Å². The van der Waals surface area contributed by atoms with Crippen molar-refractivity contribution in [1.82, 2.24) is 0 Å². The van der Waals surface area contributed by atoms with Crippen LogP contribution in [0.2, 0.25) is 0 Å². The highest BCUT2D eigenvalue weighted by Gasteiger charge is 2.52. The van der Waals surface area contributed by atoms with E-state index in [1.54, 1.807) is 0 Å². The monoisotopic (exact) mass is 949 g/mol. The highest BCUT2D eigenvalue weighted by atomic mass is 15.1. The van der Waals surface area contributed by atoms with Crippen molar-refractivity contribution >= 4 is 17.1 Å². The van der Waals surface area contributed by atoms with E-state index >= 15 is 0 Å². The Kier molecular flexibility index (Phi) is 8.94. The predicted octanol–water partition coefficient (Wildman–Crippen LogP) is 18.8. The van der Waals surface area contributed by atoms with Crippen molar-refractivity contribution in [3.8, 4) is 77.9 Å². The van der Waals surface area contributed by atoms with E-state index in [0.29, 0.717) is 0 Å². The van der Waals surface area contributed by atoms with E-state index < -0.39 is 10.8 Å². The zero-order valence-electron chi connectivity index (χ0n) is 41.1. The number of anilines is 3. The Morgan fingerprint density at radius 1 is 0.187 bits per heavy atom. The molecular formula is C74H47N. The fourth-order valence-electron chi connectivity index (χ4n) is 14.2. The number of hydrogen-bond donors (Lipinski definition) is 0. The van der Waals surface area contributed by atoms with Gasteiger partial charge in [-0.25, -0.2) is 0 Å². The zero-order chi connectivity index (χ0) is 49.2. The van der Waals surface area contributed by atoms with Crippen molar-refractivity contribution in [2.45, 2.75) is 10.8 Å². The van der Waals surface area contributed by atoms with Gasteiger partial charge in [-0.15, -0.1) is 0 Å². The molecule has 0 bridgehead atoms. The first-order chi connectivity index (χ1) is 37.2. The van der Waals surface area contributed by atoms with Gasteiger partial charge in [-0.1, -0.05) is 249 Å². The first-order valence-electron chi connectivity index (χ1n) is 26.2. The molecule has 0 fully saturated rings. The molecule has 348 valence electrons. The van der Waals surface area contributed by atoms with Crippen molar-refractivity contribution < 1.29 is 0 Å². The summed E-state index contributed by atoms with van der Waals surface area (Å²) in [5.41, 5.74) is 30.6. The number of nitrogens with zero attached hydrogens (tertiary/aromatic N) is 1. The van der Waals surface area contributed by atoms with E-state index in [0.717, 1.165) is 17.1 Å². The average molecular weight is 950 g/mol. The predicted molar refractivity (Wildman–Crippen MR) is 310 cm³/mol. The summed E-state index contributed by atoms with van der Waals surface area (Å²) in [4.78, 5) is 2.46. The maximum absolute atomic E-state index is 2.49. The molecule has 2 spiro atoms. The Labute approximate surface area is 438 Å². The molecule has 4 aliphatic carbocycles. The first kappa shape index (κ1) is 42.0. The summed E-state index contributed by atoms with van der Waals surface area (Å²) in [6, 6.07) is 107. The van der Waals surface area contributed by atoms with Crippen molar-refractivity contribution in [2.24, 2.45) is 0 Å². The lowest BCUT2D eigenvalue weighted by Gasteiger charge is -2.35. The van der Waals surface area contributed by atoms with Gasteiger partial charge < -0.3 is 4.90 Å². The second kappa shape index (κ2) is 16.0. The second-order valence-corrected chi connectivity index (χ2v) is 20.6. The van der Waals surface area contributed by atoms with Crippen molar-refractivity contribution in [1.29, 1.82) is 0 Å². The largest absolute Gasteiger partial charge is 0.310 e. The van der Waals surface area contributed by atoms with Gasteiger partial charge in [-0.05, 0) is 159 Å². The summed E-state index contributed by atoms with van der Waals surface area (Å²) in [6.45, 7) is 0. The van der Waals surface area contributed by atoms with Gasteiger partial charge in [-0.2, -0.15) is 0 Å². The molecular weight excluding hydrogens is 903 g/mol. The molecule has 0 amide bonds. The van der Waals surface area contributed by atoms with Gasteiger partial charge >= 0.3 is 0 Å². The van der Waals surface area contributed by atoms with Crippen LogP contribution in [0.25, 0.3) is 77.9 Å². The molecule has 75 heavy (non-hydrogen) atoms. The van der Waals surface area contributed by atoms with E-state index in [1.807, 2.05) is 0 Å². The zero-order valence-corrected chi connectivity index (χ0v) is 41.1. The van der Waals surface area contributed by atoms with Crippen LogP contribution in [0, 0.1) is 0 Å². The van der Waals surface area contributed by atoms with Crippen LogP contribution in [0.1, 0.15) is 44.5 Å². The Morgan fingerprint density at radius 2 is 0.507 bits per heavy atom. The van der Waals surface area contributed by atoms with Gasteiger partial charge in [0.2, 0.25) is 0 Å². The van der Waals surface area contributed by atoms with E-state index in [2.05, 4.69) is 290 Å². The topological polar surface area (TPSA) is 3.24 Å². The van der Waals surface area contributed by atoms with Crippen molar-refractivity contribution in [2.75, 3.05) is 4.90 Å². The lowest BCUT2D eigenvalue weighted by Crippen LogP contribution is -2.29. The fourth-order valence-corrected chi connectivity index (χ4v) is 14.2. The minimum Gasteiger partial charge on any atom is -0.310 e. The Morgan fingerprint density at radius 3 is 1.00 bits per heavy atom. The van der Waals surface area contributed by atoms with Crippen LogP contribution in [0.4, 0.5) is 17.1 Å². The second-order valence-electron chi connectivity index (χ2n) is 20.6. The third-order valence-corrected chi connectivity index (χ3v) is 17.1. The minimum absolute atomic E-state index is 0.454. The van der Waals surface area contributed by atoms with Gasteiger partial charge in [0.15, 0.2) is 0 Å². The van der Waals surface area contributed by atoms with Gasteiger partial charge in [0.05, 0.1) is 10.8 Å². The summed E-state index contributed by atoms with van der Waals surface area (Å²) in [6.07, 6.45) is 0. The SMILES string of the molecule is c1ccc(-c2ccc(N(c3ccc(-c4cccc5c4-c4ccccc4C54c5ccccc5-c5ccccc5-c5ccccc54)cc3)c3ccc4c(c3)C3(c5ccccc5-c5ccccc53)c3ccccc3-4)cc2)cc1. The third-order valence-electron chi connectivity index (χ3n) is 17.1. The van der Waals surface area contributed by atoms with Crippen LogP contribution in [-0.2, 0) is 10.8 Å². The molecule has 0 N–H and O–H groups in total. The molecule has 0 saturated heterocycles. The van der Waals surface area contributed by atoms with Gasteiger partial charge in [0.25, 0.3) is 0 Å². The maximum Gasteiger partial charge on any atom is 0.0726 e. The number of hydrogen-bond acceptors (Lipinski definition) is 1. The van der Waals surface area contributed by atoms with E-state index in [1.165, 1.54) is 122 Å². The minimum atomic E-state index is -0.540. The summed E-state index contributed by atoms with van der Waals surface area (Å²) >= 11 is 0. The van der Waals surface area contributed by atoms with Crippen LogP contribution in [-0.4, -0.2) is 0 Å². The quantitative estimate of drug-likeness (QED) is 0.166. The molecule has 0 heterocycles. The Bertz CT molecular complexity index is 4160. The summed E-state index contributed by atoms with van der Waals surface area (Å²) < 4.78 is 0. The molecule has 16 rings (SSSR count). The van der Waals surface area contributed by atoms with E-state index in [-0.39, 0.29) is 0 Å². The molecule has 0 radical (unpaired) electrons. The average Bonchev–Trinajstić information content (AvgIpc) is 4.06. The third kappa shape index (κ3) is 5.67. The van der Waals surface area contributed by atoms with Crippen LogP contribution < -0.4 is 4.90 Å². The van der Waals surface area contributed by atoms with E-state index in [4.69, 9.17) is 0 Å². The summed E-state index contributed by atoms with van der Waals surface area (Å²) in [5, 5.41) is 0. The molecule has 0 unspecified atom stereocenters. The van der Waals surface area contributed by atoms with Gasteiger partial charge in [-0.3, -0.25) is 0 Å². The van der Waals surface area contributed by atoms with Crippen LogP contribution in [0.3, 0.4) is 0 Å². The Hall–Kier alpha value is -9.56. The lowest BCUT2D eigenvalue weighted by molar-refractivity contribution is 0.775. The normalized spacial score (nSPS) is 13.8. The molecule has 12 aromatic rings. The summed E-state index contributed by atoms with van der Waals surface area (Å²) in [7, 11) is 0. The molecule has 1 nitrogen and oxygen atoms in total. The van der Waals surface area contributed by atoms with Gasteiger partial charge in [0.1, 0.15) is 0 Å². The van der Waals surface area contributed by atoms with Crippen molar-refractivity contribution in [3.63, 3.8) is 0 Å².